The Kier molecular flexibility index (Phi) is 6.08. The Hall–Kier alpha value is -1.57. The van der Waals surface area contributed by atoms with Gasteiger partial charge in [-0.25, -0.2) is 4.39 Å². The molecule has 17 heavy (non-hydrogen) atoms. The zero-order chi connectivity index (χ0) is 12.5. The van der Waals surface area contributed by atoms with Crippen LogP contribution in [0.15, 0.2) is 18.2 Å². The van der Waals surface area contributed by atoms with Crippen LogP contribution in [-0.2, 0) is 4.74 Å². The van der Waals surface area contributed by atoms with Crippen molar-refractivity contribution < 1.29 is 19.0 Å². The van der Waals surface area contributed by atoms with Gasteiger partial charge in [-0.2, -0.15) is 0 Å². The average molecular weight is 238 g/mol. The van der Waals surface area contributed by atoms with Gasteiger partial charge in [0.1, 0.15) is 6.61 Å². The monoisotopic (exact) mass is 238 g/mol. The zero-order valence-electron chi connectivity index (χ0n) is 9.70. The summed E-state index contributed by atoms with van der Waals surface area (Å²) in [6, 6.07) is 4.36. The number of benzene rings is 1. The molecule has 0 spiro atoms. The highest BCUT2D eigenvalue weighted by molar-refractivity contribution is 5.40. The van der Waals surface area contributed by atoms with Crippen LogP contribution in [0.1, 0.15) is 12.0 Å². The lowest BCUT2D eigenvalue weighted by atomic mass is 10.2. The smallest absolute Gasteiger partial charge is 0.165 e. The van der Waals surface area contributed by atoms with Crippen molar-refractivity contribution in [3.63, 3.8) is 0 Å². The normalized spacial score (nSPS) is 9.59. The molecular formula is C13H15FO3. The summed E-state index contributed by atoms with van der Waals surface area (Å²) in [5, 5.41) is 8.56. The molecule has 0 fully saturated rings. The van der Waals surface area contributed by atoms with Gasteiger partial charge < -0.3 is 14.6 Å². The molecule has 0 amide bonds. The van der Waals surface area contributed by atoms with Gasteiger partial charge in [-0.1, -0.05) is 11.8 Å². The highest BCUT2D eigenvalue weighted by atomic mass is 19.1. The van der Waals surface area contributed by atoms with E-state index in [0.717, 1.165) is 0 Å². The molecule has 0 saturated carbocycles. The van der Waals surface area contributed by atoms with E-state index >= 15 is 0 Å². The summed E-state index contributed by atoms with van der Waals surface area (Å²) < 4.78 is 23.5. The van der Waals surface area contributed by atoms with Crippen LogP contribution in [0.4, 0.5) is 4.39 Å². The Labute approximate surface area is 100 Å². The molecule has 1 N–H and O–H groups in total. The van der Waals surface area contributed by atoms with E-state index in [9.17, 15) is 4.39 Å². The molecule has 0 aromatic heterocycles. The third-order valence-corrected chi connectivity index (χ3v) is 1.99. The fraction of sp³-hybridized carbons (Fsp3) is 0.385. The number of methoxy groups -OCH3 is 1. The van der Waals surface area contributed by atoms with Gasteiger partial charge in [0.25, 0.3) is 0 Å². The van der Waals surface area contributed by atoms with Crippen LogP contribution < -0.4 is 4.74 Å². The fourth-order valence-corrected chi connectivity index (χ4v) is 1.22. The molecule has 0 aliphatic rings. The minimum Gasteiger partial charge on any atom is -0.490 e. The standard InChI is InChI=1S/C13H15FO3/c1-16-8-3-9-17-13-10-11(4-2-7-15)5-6-12(13)14/h5-6,10,15H,3,7-9H2,1H3. The first-order valence-electron chi connectivity index (χ1n) is 5.29. The maximum absolute atomic E-state index is 13.3. The molecule has 0 heterocycles. The summed E-state index contributed by atoms with van der Waals surface area (Å²) in [4.78, 5) is 0. The molecule has 92 valence electrons. The highest BCUT2D eigenvalue weighted by Crippen LogP contribution is 2.18. The van der Waals surface area contributed by atoms with Crippen LogP contribution in [0.5, 0.6) is 5.75 Å². The quantitative estimate of drug-likeness (QED) is 0.625. The summed E-state index contributed by atoms with van der Waals surface area (Å²) in [5.74, 6) is 4.94. The minimum atomic E-state index is -0.419. The Morgan fingerprint density at radius 3 is 2.88 bits per heavy atom. The second-order valence-corrected chi connectivity index (χ2v) is 3.30. The van der Waals surface area contributed by atoms with Crippen molar-refractivity contribution >= 4 is 0 Å². The van der Waals surface area contributed by atoms with E-state index in [4.69, 9.17) is 14.6 Å². The molecule has 0 aliphatic carbocycles. The van der Waals surface area contributed by atoms with Crippen molar-refractivity contribution in [3.05, 3.63) is 29.6 Å². The summed E-state index contributed by atoms with van der Waals surface area (Å²) in [5.41, 5.74) is 0.613. The molecule has 1 aromatic carbocycles. The molecule has 1 rings (SSSR count). The maximum atomic E-state index is 13.3. The molecule has 0 radical (unpaired) electrons. The van der Waals surface area contributed by atoms with Crippen molar-refractivity contribution in [3.8, 4) is 17.6 Å². The first-order valence-corrected chi connectivity index (χ1v) is 5.29. The third kappa shape index (κ3) is 4.85. The van der Waals surface area contributed by atoms with Gasteiger partial charge in [-0.05, 0) is 18.2 Å². The largest absolute Gasteiger partial charge is 0.490 e. The number of hydrogen-bond donors (Lipinski definition) is 1. The van der Waals surface area contributed by atoms with Crippen molar-refractivity contribution in [2.24, 2.45) is 0 Å². The molecule has 1 aromatic rings. The average Bonchev–Trinajstić information content (AvgIpc) is 2.35. The minimum absolute atomic E-state index is 0.172. The lowest BCUT2D eigenvalue weighted by Gasteiger charge is -2.07. The van der Waals surface area contributed by atoms with Crippen LogP contribution in [0, 0.1) is 17.7 Å². The third-order valence-electron chi connectivity index (χ3n) is 1.99. The highest BCUT2D eigenvalue weighted by Gasteiger charge is 2.03. The van der Waals surface area contributed by atoms with E-state index < -0.39 is 5.82 Å². The van der Waals surface area contributed by atoms with E-state index in [1.54, 1.807) is 13.2 Å². The maximum Gasteiger partial charge on any atom is 0.165 e. The van der Waals surface area contributed by atoms with E-state index in [1.807, 2.05) is 0 Å². The number of hydrogen-bond acceptors (Lipinski definition) is 3. The predicted molar refractivity (Wildman–Crippen MR) is 62.4 cm³/mol. The summed E-state index contributed by atoms with van der Waals surface area (Å²) in [7, 11) is 1.60. The molecule has 4 heteroatoms. The molecule has 0 bridgehead atoms. The van der Waals surface area contributed by atoms with Gasteiger partial charge in [0.2, 0.25) is 0 Å². The molecule has 0 saturated heterocycles. The van der Waals surface area contributed by atoms with Crippen molar-refractivity contribution in [1.29, 1.82) is 0 Å². The lowest BCUT2D eigenvalue weighted by Crippen LogP contribution is -2.02. The Bertz CT molecular complexity index is 407. The molecule has 0 atom stereocenters. The number of ether oxygens (including phenoxy) is 2. The topological polar surface area (TPSA) is 38.7 Å². The van der Waals surface area contributed by atoms with Crippen molar-refractivity contribution in [2.45, 2.75) is 6.42 Å². The first-order chi connectivity index (χ1) is 8.27. The second-order valence-electron chi connectivity index (χ2n) is 3.30. The van der Waals surface area contributed by atoms with Gasteiger partial charge in [0.15, 0.2) is 11.6 Å². The molecule has 3 nitrogen and oxygen atoms in total. The van der Waals surface area contributed by atoms with Gasteiger partial charge in [-0.15, -0.1) is 0 Å². The summed E-state index contributed by atoms with van der Waals surface area (Å²) in [6.45, 7) is 0.745. The van der Waals surface area contributed by atoms with Crippen molar-refractivity contribution in [1.82, 2.24) is 0 Å². The van der Waals surface area contributed by atoms with E-state index in [1.165, 1.54) is 12.1 Å². The van der Waals surface area contributed by atoms with Crippen LogP contribution in [-0.4, -0.2) is 32.0 Å². The van der Waals surface area contributed by atoms with Crippen molar-refractivity contribution in [2.75, 3.05) is 26.9 Å². The molecular weight excluding hydrogens is 223 g/mol. The number of aliphatic hydroxyl groups excluding tert-OH is 1. The predicted octanol–water partition coefficient (Wildman–Crippen LogP) is 1.58. The Balaban J connectivity index is 2.63. The van der Waals surface area contributed by atoms with E-state index in [-0.39, 0.29) is 12.4 Å². The number of aliphatic hydroxyl groups is 1. The van der Waals surface area contributed by atoms with E-state index in [0.29, 0.717) is 25.2 Å². The van der Waals surface area contributed by atoms with Gasteiger partial charge in [-0.3, -0.25) is 0 Å². The Morgan fingerprint density at radius 2 is 2.18 bits per heavy atom. The Morgan fingerprint density at radius 1 is 1.35 bits per heavy atom. The van der Waals surface area contributed by atoms with Gasteiger partial charge in [0, 0.05) is 25.7 Å². The lowest BCUT2D eigenvalue weighted by molar-refractivity contribution is 0.170. The second kappa shape index (κ2) is 7.66. The van der Waals surface area contributed by atoms with Crippen LogP contribution in [0.25, 0.3) is 0 Å². The zero-order valence-corrected chi connectivity index (χ0v) is 9.70. The summed E-state index contributed by atoms with van der Waals surface area (Å²) in [6.07, 6.45) is 0.697. The van der Waals surface area contributed by atoms with Crippen LogP contribution in [0.2, 0.25) is 0 Å². The number of rotatable bonds is 5. The first kappa shape index (κ1) is 13.5. The molecule has 0 aliphatic heterocycles. The SMILES string of the molecule is COCCCOc1cc(C#CCO)ccc1F. The fourth-order valence-electron chi connectivity index (χ4n) is 1.22. The summed E-state index contributed by atoms with van der Waals surface area (Å²) >= 11 is 0. The van der Waals surface area contributed by atoms with E-state index in [2.05, 4.69) is 11.8 Å². The number of halogens is 1. The van der Waals surface area contributed by atoms with Crippen LogP contribution >= 0.6 is 0 Å². The van der Waals surface area contributed by atoms with Gasteiger partial charge in [0.05, 0.1) is 6.61 Å². The van der Waals surface area contributed by atoms with Crippen LogP contribution in [0.3, 0.4) is 0 Å². The molecule has 0 unspecified atom stereocenters. The van der Waals surface area contributed by atoms with Gasteiger partial charge >= 0.3 is 0 Å².